The molecule has 0 bridgehead atoms. The second-order valence-electron chi connectivity index (χ2n) is 1.10. The van der Waals surface area contributed by atoms with Gasteiger partial charge in [0, 0.05) is 4.91 Å². The van der Waals surface area contributed by atoms with Crippen LogP contribution in [-0.4, -0.2) is 6.26 Å². The molecule has 7 heavy (non-hydrogen) atoms. The van der Waals surface area contributed by atoms with Gasteiger partial charge in [-0.15, -0.1) is 11.8 Å². The molecule has 0 spiro atoms. The minimum atomic E-state index is 1.24. The van der Waals surface area contributed by atoms with E-state index in [0.717, 1.165) is 0 Å². The zero-order valence-electron chi connectivity index (χ0n) is 4.77. The third kappa shape index (κ3) is 2.52. The zero-order valence-corrected chi connectivity index (χ0v) is 5.59. The number of allylic oxidation sites excluding steroid dienone is 2. The van der Waals surface area contributed by atoms with Crippen LogP contribution in [0.2, 0.25) is 0 Å². The standard InChI is InChI=1S/C6H10S/c1-4-6(5-2)7-3/h4-5H,1H2,2-3H3. The predicted molar refractivity (Wildman–Crippen MR) is 37.5 cm³/mol. The zero-order chi connectivity index (χ0) is 5.70. The molecule has 40 valence electrons. The molecule has 0 aromatic rings. The number of thioether (sulfide) groups is 1. The van der Waals surface area contributed by atoms with E-state index >= 15 is 0 Å². The van der Waals surface area contributed by atoms with Crippen molar-refractivity contribution in [2.75, 3.05) is 6.26 Å². The lowest BCUT2D eigenvalue weighted by molar-refractivity contribution is 1.71. The summed E-state index contributed by atoms with van der Waals surface area (Å²) in [5, 5.41) is 0. The van der Waals surface area contributed by atoms with Crippen LogP contribution >= 0.6 is 11.8 Å². The van der Waals surface area contributed by atoms with E-state index in [0.29, 0.717) is 0 Å². The Balaban J connectivity index is 3.60. The van der Waals surface area contributed by atoms with Gasteiger partial charge in [-0.3, -0.25) is 0 Å². The molecule has 0 aromatic carbocycles. The van der Waals surface area contributed by atoms with Crippen molar-refractivity contribution >= 4 is 11.8 Å². The van der Waals surface area contributed by atoms with Gasteiger partial charge >= 0.3 is 0 Å². The van der Waals surface area contributed by atoms with Crippen molar-refractivity contribution in [1.29, 1.82) is 0 Å². The summed E-state index contributed by atoms with van der Waals surface area (Å²) in [5.41, 5.74) is 0. The van der Waals surface area contributed by atoms with Crippen LogP contribution < -0.4 is 0 Å². The minimum Gasteiger partial charge on any atom is -0.130 e. The van der Waals surface area contributed by atoms with Crippen molar-refractivity contribution in [3.05, 3.63) is 23.6 Å². The van der Waals surface area contributed by atoms with Crippen molar-refractivity contribution < 1.29 is 0 Å². The highest BCUT2D eigenvalue weighted by atomic mass is 32.2. The summed E-state index contributed by atoms with van der Waals surface area (Å²) in [7, 11) is 0. The summed E-state index contributed by atoms with van der Waals surface area (Å²) in [6.45, 7) is 5.62. The molecule has 0 aliphatic rings. The third-order valence-corrected chi connectivity index (χ3v) is 1.60. The molecule has 0 N–H and O–H groups in total. The lowest BCUT2D eigenvalue weighted by Crippen LogP contribution is -1.60. The van der Waals surface area contributed by atoms with E-state index in [2.05, 4.69) is 6.58 Å². The molecule has 1 heteroatoms. The van der Waals surface area contributed by atoms with Crippen molar-refractivity contribution in [3.63, 3.8) is 0 Å². The maximum atomic E-state index is 3.61. The quantitative estimate of drug-likeness (QED) is 0.497. The smallest absolute Gasteiger partial charge is 0.00205 e. The largest absolute Gasteiger partial charge is 0.130 e. The van der Waals surface area contributed by atoms with Crippen molar-refractivity contribution in [3.8, 4) is 0 Å². The van der Waals surface area contributed by atoms with Crippen LogP contribution in [0.1, 0.15) is 6.92 Å². The Morgan fingerprint density at radius 1 is 1.71 bits per heavy atom. The first-order valence-corrected chi connectivity index (χ1v) is 3.40. The Morgan fingerprint density at radius 2 is 2.29 bits per heavy atom. The van der Waals surface area contributed by atoms with Crippen LogP contribution in [0.15, 0.2) is 23.6 Å². The maximum absolute atomic E-state index is 3.61. The van der Waals surface area contributed by atoms with E-state index in [1.165, 1.54) is 4.91 Å². The highest BCUT2D eigenvalue weighted by Crippen LogP contribution is 2.10. The van der Waals surface area contributed by atoms with Gasteiger partial charge in [0.15, 0.2) is 0 Å². The molecule has 0 heterocycles. The van der Waals surface area contributed by atoms with E-state index in [1.54, 1.807) is 11.8 Å². The first-order valence-electron chi connectivity index (χ1n) is 2.18. The van der Waals surface area contributed by atoms with Gasteiger partial charge in [-0.1, -0.05) is 18.7 Å². The molecule has 0 rings (SSSR count). The van der Waals surface area contributed by atoms with Gasteiger partial charge in [-0.25, -0.2) is 0 Å². The first kappa shape index (κ1) is 6.83. The summed E-state index contributed by atoms with van der Waals surface area (Å²) in [6, 6.07) is 0. The highest BCUT2D eigenvalue weighted by Gasteiger charge is 1.78. The fraction of sp³-hybridized carbons (Fsp3) is 0.333. The molecule has 0 aromatic heterocycles. The van der Waals surface area contributed by atoms with E-state index in [1.807, 2.05) is 25.3 Å². The SMILES string of the molecule is C=CC(=CC)SC. The Bertz CT molecular complexity index is 82.2. The fourth-order valence-corrected chi connectivity index (χ4v) is 0.721. The summed E-state index contributed by atoms with van der Waals surface area (Å²) in [5.74, 6) is 0. The molecule has 0 aliphatic carbocycles. The van der Waals surface area contributed by atoms with Crippen LogP contribution in [-0.2, 0) is 0 Å². The average Bonchev–Trinajstić information content (AvgIpc) is 1.72. The molecular formula is C6H10S. The predicted octanol–water partition coefficient (Wildman–Crippen LogP) is 2.44. The lowest BCUT2D eigenvalue weighted by atomic mass is 10.5. The Labute approximate surface area is 49.3 Å². The Kier molecular flexibility index (Phi) is 3.90. The number of hydrogen-bond acceptors (Lipinski definition) is 1. The van der Waals surface area contributed by atoms with E-state index in [9.17, 15) is 0 Å². The van der Waals surface area contributed by atoms with E-state index < -0.39 is 0 Å². The summed E-state index contributed by atoms with van der Waals surface area (Å²) >= 11 is 1.71. The van der Waals surface area contributed by atoms with E-state index in [4.69, 9.17) is 0 Å². The van der Waals surface area contributed by atoms with Crippen LogP contribution in [0.25, 0.3) is 0 Å². The molecule has 0 atom stereocenters. The normalized spacial score (nSPS) is 11.4. The minimum absolute atomic E-state index is 1.24. The highest BCUT2D eigenvalue weighted by molar-refractivity contribution is 8.02. The lowest BCUT2D eigenvalue weighted by Gasteiger charge is -1.87. The summed E-state index contributed by atoms with van der Waals surface area (Å²) in [4.78, 5) is 1.24. The van der Waals surface area contributed by atoms with Gasteiger partial charge in [0.25, 0.3) is 0 Å². The Hall–Kier alpha value is -0.170. The van der Waals surface area contributed by atoms with E-state index in [-0.39, 0.29) is 0 Å². The number of rotatable bonds is 2. The van der Waals surface area contributed by atoms with Crippen LogP contribution in [0, 0.1) is 0 Å². The van der Waals surface area contributed by atoms with Crippen molar-refractivity contribution in [2.45, 2.75) is 6.92 Å². The third-order valence-electron chi connectivity index (χ3n) is 0.721. The monoisotopic (exact) mass is 114 g/mol. The van der Waals surface area contributed by atoms with Gasteiger partial charge in [-0.05, 0) is 13.2 Å². The molecule has 0 saturated heterocycles. The maximum Gasteiger partial charge on any atom is 0.00205 e. The topological polar surface area (TPSA) is 0 Å². The van der Waals surface area contributed by atoms with Gasteiger partial charge in [-0.2, -0.15) is 0 Å². The molecule has 0 saturated carbocycles. The Morgan fingerprint density at radius 3 is 2.29 bits per heavy atom. The molecule has 0 aliphatic heterocycles. The second kappa shape index (κ2) is 4.00. The molecule has 0 amide bonds. The fourth-order valence-electron chi connectivity index (χ4n) is 0.319. The van der Waals surface area contributed by atoms with Crippen LogP contribution in [0.4, 0.5) is 0 Å². The molecule has 0 unspecified atom stereocenters. The molecule has 0 fully saturated rings. The molecular weight excluding hydrogens is 104 g/mol. The molecule has 0 nitrogen and oxygen atoms in total. The van der Waals surface area contributed by atoms with Crippen LogP contribution in [0.5, 0.6) is 0 Å². The van der Waals surface area contributed by atoms with Gasteiger partial charge < -0.3 is 0 Å². The van der Waals surface area contributed by atoms with Gasteiger partial charge in [0.05, 0.1) is 0 Å². The second-order valence-corrected chi connectivity index (χ2v) is 1.98. The van der Waals surface area contributed by atoms with Crippen molar-refractivity contribution in [2.24, 2.45) is 0 Å². The van der Waals surface area contributed by atoms with Gasteiger partial charge in [0.2, 0.25) is 0 Å². The van der Waals surface area contributed by atoms with Gasteiger partial charge in [0.1, 0.15) is 0 Å². The first-order chi connectivity index (χ1) is 3.35. The molecule has 0 radical (unpaired) electrons. The van der Waals surface area contributed by atoms with Crippen LogP contribution in [0.3, 0.4) is 0 Å². The summed E-state index contributed by atoms with van der Waals surface area (Å²) < 4.78 is 0. The number of hydrogen-bond donors (Lipinski definition) is 0. The average molecular weight is 114 g/mol. The van der Waals surface area contributed by atoms with Crippen molar-refractivity contribution in [1.82, 2.24) is 0 Å². The summed E-state index contributed by atoms with van der Waals surface area (Å²) in [6.07, 6.45) is 5.93.